The zero-order chi connectivity index (χ0) is 17.6. The second kappa shape index (κ2) is 8.30. The molecule has 0 bridgehead atoms. The van der Waals surface area contributed by atoms with Gasteiger partial charge in [0.1, 0.15) is 0 Å². The number of hydrogen-bond donors (Lipinski definition) is 1. The molecule has 1 atom stereocenters. The minimum atomic E-state index is -0.0141. The summed E-state index contributed by atoms with van der Waals surface area (Å²) in [7, 11) is 0. The van der Waals surface area contributed by atoms with Crippen molar-refractivity contribution in [3.63, 3.8) is 0 Å². The fourth-order valence-electron chi connectivity index (χ4n) is 3.37. The number of hydrogen-bond acceptors (Lipinski definition) is 2. The van der Waals surface area contributed by atoms with E-state index in [9.17, 15) is 4.79 Å². The van der Waals surface area contributed by atoms with Gasteiger partial charge in [-0.2, -0.15) is 0 Å². The first kappa shape index (κ1) is 17.7. The van der Waals surface area contributed by atoms with E-state index < -0.39 is 0 Å². The second-order valence-corrected chi connectivity index (χ2v) is 6.97. The molecule has 0 spiro atoms. The summed E-state index contributed by atoms with van der Waals surface area (Å²) in [5.74, 6) is -0.0141. The highest BCUT2D eigenvalue weighted by Crippen LogP contribution is 2.16. The van der Waals surface area contributed by atoms with Gasteiger partial charge < -0.3 is 5.32 Å². The van der Waals surface area contributed by atoms with E-state index in [1.807, 2.05) is 19.1 Å². The summed E-state index contributed by atoms with van der Waals surface area (Å²) in [6.07, 6.45) is 3.64. The van der Waals surface area contributed by atoms with Gasteiger partial charge in [0, 0.05) is 12.1 Å². The van der Waals surface area contributed by atoms with Crippen LogP contribution in [-0.4, -0.2) is 23.9 Å². The number of benzene rings is 2. The van der Waals surface area contributed by atoms with Crippen LogP contribution in [-0.2, 0) is 13.0 Å². The molecule has 0 radical (unpaired) electrons. The largest absolute Gasteiger partial charge is 0.346 e. The molecule has 1 fully saturated rings. The molecule has 25 heavy (non-hydrogen) atoms. The van der Waals surface area contributed by atoms with Crippen molar-refractivity contribution in [2.45, 2.75) is 45.7 Å². The Hall–Kier alpha value is -2.13. The summed E-state index contributed by atoms with van der Waals surface area (Å²) in [5.41, 5.74) is 4.45. The molecular weight excluding hydrogens is 308 g/mol. The predicted molar refractivity (Wildman–Crippen MR) is 103 cm³/mol. The number of carbonyl (C=O) groups excluding carboxylic acids is 1. The summed E-state index contributed by atoms with van der Waals surface area (Å²) in [4.78, 5) is 15.0. The summed E-state index contributed by atoms with van der Waals surface area (Å²) >= 11 is 0. The zero-order valence-corrected chi connectivity index (χ0v) is 15.3. The Morgan fingerprint density at radius 3 is 2.20 bits per heavy atom. The van der Waals surface area contributed by atoms with E-state index in [4.69, 9.17) is 0 Å². The van der Waals surface area contributed by atoms with Gasteiger partial charge in [0.05, 0.1) is 6.04 Å². The van der Waals surface area contributed by atoms with Gasteiger partial charge in [-0.3, -0.25) is 9.69 Å². The molecule has 3 nitrogen and oxygen atoms in total. The lowest BCUT2D eigenvalue weighted by Gasteiger charge is -2.16. The number of amides is 1. The predicted octanol–water partition coefficient (Wildman–Crippen LogP) is 4.34. The maximum Gasteiger partial charge on any atom is 0.251 e. The minimum absolute atomic E-state index is 0.00248. The van der Waals surface area contributed by atoms with Crippen LogP contribution >= 0.6 is 0 Å². The number of rotatable bonds is 6. The molecule has 2 aromatic carbocycles. The molecule has 0 aliphatic carbocycles. The maximum atomic E-state index is 12.5. The van der Waals surface area contributed by atoms with Crippen LogP contribution in [0.4, 0.5) is 0 Å². The molecule has 0 unspecified atom stereocenters. The van der Waals surface area contributed by atoms with Crippen LogP contribution in [0.25, 0.3) is 0 Å². The molecule has 2 aromatic rings. The lowest BCUT2D eigenvalue weighted by Crippen LogP contribution is -2.26. The van der Waals surface area contributed by atoms with E-state index in [2.05, 4.69) is 53.5 Å². The number of likely N-dealkylation sites (tertiary alicyclic amines) is 1. The van der Waals surface area contributed by atoms with E-state index in [1.165, 1.54) is 37.1 Å². The summed E-state index contributed by atoms with van der Waals surface area (Å²) in [6.45, 7) is 7.55. The van der Waals surface area contributed by atoms with Crippen LogP contribution in [0.5, 0.6) is 0 Å². The molecule has 1 aliphatic heterocycles. The van der Waals surface area contributed by atoms with Crippen molar-refractivity contribution in [2.24, 2.45) is 0 Å². The number of carbonyl (C=O) groups is 1. The standard InChI is InChI=1S/C22H28N2O/c1-3-18-6-10-20(11-7-18)17(2)23-22(25)21-12-8-19(9-13-21)16-24-14-4-5-15-24/h6-13,17H,3-5,14-16H2,1-2H3,(H,23,25)/t17-/m0/s1. The van der Waals surface area contributed by atoms with Crippen molar-refractivity contribution in [2.75, 3.05) is 13.1 Å². The summed E-state index contributed by atoms with van der Waals surface area (Å²) < 4.78 is 0. The van der Waals surface area contributed by atoms with Gasteiger partial charge >= 0.3 is 0 Å². The van der Waals surface area contributed by atoms with Crippen molar-refractivity contribution < 1.29 is 4.79 Å². The average molecular weight is 336 g/mol. The Morgan fingerprint density at radius 1 is 1.00 bits per heavy atom. The first-order chi connectivity index (χ1) is 12.2. The molecule has 1 N–H and O–H groups in total. The Bertz CT molecular complexity index is 685. The zero-order valence-electron chi connectivity index (χ0n) is 15.3. The van der Waals surface area contributed by atoms with Crippen molar-refractivity contribution in [1.29, 1.82) is 0 Å². The van der Waals surface area contributed by atoms with Gasteiger partial charge in [-0.25, -0.2) is 0 Å². The molecule has 132 valence electrons. The molecule has 0 aromatic heterocycles. The van der Waals surface area contributed by atoms with Crippen molar-refractivity contribution in [3.8, 4) is 0 Å². The van der Waals surface area contributed by atoms with E-state index in [-0.39, 0.29) is 11.9 Å². The van der Waals surface area contributed by atoms with Gasteiger partial charge in [-0.1, -0.05) is 43.3 Å². The quantitative estimate of drug-likeness (QED) is 0.851. The minimum Gasteiger partial charge on any atom is -0.346 e. The third-order valence-electron chi connectivity index (χ3n) is 5.06. The highest BCUT2D eigenvalue weighted by Gasteiger charge is 2.13. The normalized spacial score (nSPS) is 15.9. The molecule has 3 rings (SSSR count). The Kier molecular flexibility index (Phi) is 5.87. The van der Waals surface area contributed by atoms with Gasteiger partial charge in [-0.15, -0.1) is 0 Å². The molecular formula is C22H28N2O. The third-order valence-corrected chi connectivity index (χ3v) is 5.06. The molecule has 1 amide bonds. The smallest absolute Gasteiger partial charge is 0.251 e. The van der Waals surface area contributed by atoms with Gasteiger partial charge in [0.15, 0.2) is 0 Å². The topological polar surface area (TPSA) is 32.3 Å². The highest BCUT2D eigenvalue weighted by atomic mass is 16.1. The first-order valence-electron chi connectivity index (χ1n) is 9.36. The molecule has 1 aliphatic rings. The second-order valence-electron chi connectivity index (χ2n) is 6.97. The average Bonchev–Trinajstić information content (AvgIpc) is 3.15. The van der Waals surface area contributed by atoms with E-state index in [0.717, 1.165) is 24.1 Å². The number of nitrogens with one attached hydrogen (secondary N) is 1. The van der Waals surface area contributed by atoms with E-state index >= 15 is 0 Å². The van der Waals surface area contributed by atoms with Gasteiger partial charge in [-0.05, 0) is 68.1 Å². The van der Waals surface area contributed by atoms with E-state index in [1.54, 1.807) is 0 Å². The van der Waals surface area contributed by atoms with Crippen LogP contribution in [0.1, 0.15) is 59.8 Å². The van der Waals surface area contributed by atoms with Crippen molar-refractivity contribution in [3.05, 3.63) is 70.8 Å². The fourth-order valence-corrected chi connectivity index (χ4v) is 3.37. The molecule has 3 heteroatoms. The Labute approximate surface area is 151 Å². The highest BCUT2D eigenvalue weighted by molar-refractivity contribution is 5.94. The van der Waals surface area contributed by atoms with Crippen molar-refractivity contribution in [1.82, 2.24) is 10.2 Å². The Balaban J connectivity index is 1.58. The number of nitrogens with zero attached hydrogens (tertiary/aromatic N) is 1. The van der Waals surface area contributed by atoms with Gasteiger partial charge in [0.2, 0.25) is 0 Å². The van der Waals surface area contributed by atoms with Gasteiger partial charge in [0.25, 0.3) is 5.91 Å². The Morgan fingerprint density at radius 2 is 1.60 bits per heavy atom. The van der Waals surface area contributed by atoms with Crippen molar-refractivity contribution >= 4 is 5.91 Å². The maximum absolute atomic E-state index is 12.5. The lowest BCUT2D eigenvalue weighted by molar-refractivity contribution is 0.0940. The van der Waals surface area contributed by atoms with Crippen LogP contribution in [0, 0.1) is 0 Å². The summed E-state index contributed by atoms with van der Waals surface area (Å²) in [6, 6.07) is 16.5. The SMILES string of the molecule is CCc1ccc([C@H](C)NC(=O)c2ccc(CN3CCCC3)cc2)cc1. The lowest BCUT2D eigenvalue weighted by atomic mass is 10.0. The molecule has 1 saturated heterocycles. The monoisotopic (exact) mass is 336 g/mol. The van der Waals surface area contributed by atoms with Crippen LogP contribution < -0.4 is 5.32 Å². The van der Waals surface area contributed by atoms with Crippen LogP contribution in [0.15, 0.2) is 48.5 Å². The fraction of sp³-hybridized carbons (Fsp3) is 0.409. The molecule has 0 saturated carbocycles. The van der Waals surface area contributed by atoms with Crippen LogP contribution in [0.3, 0.4) is 0 Å². The third kappa shape index (κ3) is 4.70. The van der Waals surface area contributed by atoms with Crippen LogP contribution in [0.2, 0.25) is 0 Å². The molecule has 1 heterocycles. The number of aryl methyl sites for hydroxylation is 1. The summed E-state index contributed by atoms with van der Waals surface area (Å²) in [5, 5.41) is 3.09. The van der Waals surface area contributed by atoms with E-state index in [0.29, 0.717) is 0 Å². The first-order valence-corrected chi connectivity index (χ1v) is 9.36.